The van der Waals surface area contributed by atoms with E-state index in [-0.39, 0.29) is 23.5 Å². The summed E-state index contributed by atoms with van der Waals surface area (Å²) in [6, 6.07) is 21.3. The summed E-state index contributed by atoms with van der Waals surface area (Å²) in [7, 11) is 0. The molecule has 4 aromatic rings. The number of nitriles is 1. The molecule has 2 heterocycles. The van der Waals surface area contributed by atoms with E-state index in [4.69, 9.17) is 21.8 Å². The maximum Gasteiger partial charge on any atom is 0.313 e. The van der Waals surface area contributed by atoms with E-state index in [2.05, 4.69) is 15.1 Å². The summed E-state index contributed by atoms with van der Waals surface area (Å²) in [4.78, 5) is 2.25. The lowest BCUT2D eigenvalue weighted by Gasteiger charge is -2.50. The number of aromatic nitrogens is 2. The van der Waals surface area contributed by atoms with Gasteiger partial charge in [-0.15, -0.1) is 5.10 Å². The van der Waals surface area contributed by atoms with Crippen molar-refractivity contribution in [1.29, 1.82) is 5.26 Å². The van der Waals surface area contributed by atoms with Crippen LogP contribution < -0.4 is 5.73 Å². The molecule has 38 heavy (non-hydrogen) atoms. The standard InChI is InChI=1S/C29H26ClF2N5O/c1-29(2,32)25(21-10-17(14-33)11-24(31)13-21)22-15-37(16-22)26(18-6-8-23(30)9-7-18)19-4-3-5-20(12-19)27-35-36-28(34)38-27/h3-13,22,25-26H,15-16H2,1-2H3,(H2,34,36)/t25-,26?/m1/s1. The molecule has 2 atom stereocenters. The van der Waals surface area contributed by atoms with Crippen LogP contribution in [0.4, 0.5) is 14.8 Å². The Kier molecular flexibility index (Phi) is 6.91. The van der Waals surface area contributed by atoms with Gasteiger partial charge in [-0.25, -0.2) is 8.78 Å². The fourth-order valence-electron chi connectivity index (χ4n) is 5.51. The van der Waals surface area contributed by atoms with Crippen LogP contribution in [0.25, 0.3) is 11.5 Å². The highest BCUT2D eigenvalue weighted by Gasteiger charge is 2.45. The first-order chi connectivity index (χ1) is 18.1. The lowest BCUT2D eigenvalue weighted by molar-refractivity contribution is 0.00813. The lowest BCUT2D eigenvalue weighted by Crippen LogP contribution is -2.53. The van der Waals surface area contributed by atoms with Crippen LogP contribution in [0.5, 0.6) is 0 Å². The summed E-state index contributed by atoms with van der Waals surface area (Å²) in [5, 5.41) is 17.7. The van der Waals surface area contributed by atoms with Gasteiger partial charge in [-0.1, -0.05) is 41.0 Å². The van der Waals surface area contributed by atoms with Gasteiger partial charge in [0.05, 0.1) is 17.7 Å². The van der Waals surface area contributed by atoms with Crippen LogP contribution in [0.1, 0.15) is 48.1 Å². The highest BCUT2D eigenvalue weighted by atomic mass is 35.5. The Hall–Kier alpha value is -3.80. The van der Waals surface area contributed by atoms with Crippen molar-refractivity contribution < 1.29 is 13.2 Å². The van der Waals surface area contributed by atoms with Gasteiger partial charge in [0.1, 0.15) is 11.5 Å². The number of anilines is 1. The first-order valence-corrected chi connectivity index (χ1v) is 12.6. The number of hydrogen-bond acceptors (Lipinski definition) is 6. The molecule has 1 aliphatic rings. The van der Waals surface area contributed by atoms with Gasteiger partial charge in [0, 0.05) is 29.6 Å². The zero-order chi connectivity index (χ0) is 27.0. The van der Waals surface area contributed by atoms with Gasteiger partial charge in [-0.2, -0.15) is 5.26 Å². The number of likely N-dealkylation sites (tertiary alicyclic amines) is 1. The minimum absolute atomic E-state index is 0.0120. The van der Waals surface area contributed by atoms with Gasteiger partial charge < -0.3 is 10.2 Å². The molecule has 3 aromatic carbocycles. The molecule has 1 unspecified atom stereocenters. The van der Waals surface area contributed by atoms with E-state index in [1.165, 1.54) is 26.0 Å². The number of alkyl halides is 1. The van der Waals surface area contributed by atoms with E-state index in [1.807, 2.05) is 54.6 Å². The van der Waals surface area contributed by atoms with Crippen LogP contribution in [-0.4, -0.2) is 33.9 Å². The number of nitrogens with two attached hydrogens (primary N) is 1. The van der Waals surface area contributed by atoms with Gasteiger partial charge in [0.2, 0.25) is 5.89 Å². The molecular formula is C29H26ClF2N5O. The first-order valence-electron chi connectivity index (χ1n) is 12.2. The molecule has 6 nitrogen and oxygen atoms in total. The van der Waals surface area contributed by atoms with Crippen molar-refractivity contribution in [2.75, 3.05) is 18.8 Å². The Morgan fingerprint density at radius 3 is 2.42 bits per heavy atom. The smallest absolute Gasteiger partial charge is 0.313 e. The second kappa shape index (κ2) is 10.2. The van der Waals surface area contributed by atoms with Crippen molar-refractivity contribution in [2.45, 2.75) is 31.5 Å². The zero-order valence-electron chi connectivity index (χ0n) is 20.9. The minimum atomic E-state index is -1.62. The predicted molar refractivity (Wildman–Crippen MR) is 142 cm³/mol. The quantitative estimate of drug-likeness (QED) is 0.290. The Morgan fingerprint density at radius 2 is 1.79 bits per heavy atom. The third kappa shape index (κ3) is 5.26. The minimum Gasteiger partial charge on any atom is -0.404 e. The topological polar surface area (TPSA) is 92.0 Å². The van der Waals surface area contributed by atoms with Crippen LogP contribution in [0.2, 0.25) is 5.02 Å². The van der Waals surface area contributed by atoms with Gasteiger partial charge in [-0.3, -0.25) is 4.90 Å². The van der Waals surface area contributed by atoms with E-state index < -0.39 is 17.4 Å². The Morgan fingerprint density at radius 1 is 1.05 bits per heavy atom. The summed E-state index contributed by atoms with van der Waals surface area (Å²) in [6.07, 6.45) is 0. The fraction of sp³-hybridized carbons (Fsp3) is 0.276. The Balaban J connectivity index is 1.48. The van der Waals surface area contributed by atoms with Crippen LogP contribution in [0.3, 0.4) is 0 Å². The summed E-state index contributed by atoms with van der Waals surface area (Å²) in [5.74, 6) is -0.890. The molecular weight excluding hydrogens is 508 g/mol. The van der Waals surface area contributed by atoms with Crippen molar-refractivity contribution in [3.05, 3.63) is 99.8 Å². The van der Waals surface area contributed by atoms with Gasteiger partial charge >= 0.3 is 6.01 Å². The normalized spacial score (nSPS) is 16.0. The van der Waals surface area contributed by atoms with E-state index in [1.54, 1.807) is 6.07 Å². The summed E-state index contributed by atoms with van der Waals surface area (Å²) in [6.45, 7) is 4.16. The Labute approximate surface area is 224 Å². The fourth-order valence-corrected chi connectivity index (χ4v) is 5.63. The number of rotatable bonds is 7. The second-order valence-electron chi connectivity index (χ2n) is 10.2. The molecule has 5 rings (SSSR count). The van der Waals surface area contributed by atoms with Crippen molar-refractivity contribution in [3.8, 4) is 17.5 Å². The van der Waals surface area contributed by atoms with E-state index in [0.717, 1.165) is 16.7 Å². The van der Waals surface area contributed by atoms with Crippen molar-refractivity contribution in [3.63, 3.8) is 0 Å². The van der Waals surface area contributed by atoms with Crippen LogP contribution >= 0.6 is 11.6 Å². The summed E-state index contributed by atoms with van der Waals surface area (Å²) in [5.41, 5.74) is 7.41. The second-order valence-corrected chi connectivity index (χ2v) is 10.6. The average molecular weight is 534 g/mol. The van der Waals surface area contributed by atoms with Crippen LogP contribution in [0, 0.1) is 23.1 Å². The van der Waals surface area contributed by atoms with Gasteiger partial charge in [0.25, 0.3) is 0 Å². The molecule has 0 aliphatic carbocycles. The lowest BCUT2D eigenvalue weighted by atomic mass is 9.72. The summed E-state index contributed by atoms with van der Waals surface area (Å²) < 4.78 is 35.3. The van der Waals surface area contributed by atoms with Crippen molar-refractivity contribution in [2.24, 2.45) is 5.92 Å². The average Bonchev–Trinajstić information content (AvgIpc) is 3.29. The predicted octanol–water partition coefficient (Wildman–Crippen LogP) is 6.54. The summed E-state index contributed by atoms with van der Waals surface area (Å²) >= 11 is 6.17. The van der Waals surface area contributed by atoms with Crippen LogP contribution in [0.15, 0.2) is 71.1 Å². The third-order valence-electron chi connectivity index (χ3n) is 7.00. The maximum absolute atomic E-state index is 15.6. The molecule has 0 saturated carbocycles. The molecule has 0 radical (unpaired) electrons. The molecule has 1 saturated heterocycles. The highest BCUT2D eigenvalue weighted by molar-refractivity contribution is 6.30. The van der Waals surface area contributed by atoms with E-state index in [9.17, 15) is 9.65 Å². The number of nitrogen functional groups attached to an aromatic ring is 1. The molecule has 0 bridgehead atoms. The number of nitrogens with zero attached hydrogens (tertiary/aromatic N) is 4. The molecule has 1 fully saturated rings. The highest BCUT2D eigenvalue weighted by Crippen LogP contribution is 2.46. The molecule has 194 valence electrons. The number of benzene rings is 3. The van der Waals surface area contributed by atoms with Crippen molar-refractivity contribution >= 4 is 17.6 Å². The zero-order valence-corrected chi connectivity index (χ0v) is 21.7. The first kappa shape index (κ1) is 25.8. The number of halogens is 3. The largest absolute Gasteiger partial charge is 0.404 e. The molecule has 0 amide bonds. The van der Waals surface area contributed by atoms with E-state index in [0.29, 0.717) is 29.6 Å². The monoisotopic (exact) mass is 533 g/mol. The van der Waals surface area contributed by atoms with Gasteiger partial charge in [0.15, 0.2) is 0 Å². The molecule has 1 aromatic heterocycles. The molecule has 1 aliphatic heterocycles. The SMILES string of the molecule is CC(C)(F)[C@H](c1cc(F)cc(C#N)c1)C1CN(C(c2ccc(Cl)cc2)c2cccc(-c3nnc(N)o3)c2)C1. The Bertz CT molecular complexity index is 1490. The maximum atomic E-state index is 15.6. The molecule has 9 heteroatoms. The van der Waals surface area contributed by atoms with Crippen LogP contribution in [-0.2, 0) is 0 Å². The molecule has 2 N–H and O–H groups in total. The number of hydrogen-bond donors (Lipinski definition) is 1. The third-order valence-corrected chi connectivity index (χ3v) is 7.25. The van der Waals surface area contributed by atoms with Crippen molar-refractivity contribution in [1.82, 2.24) is 15.1 Å². The van der Waals surface area contributed by atoms with E-state index >= 15 is 4.39 Å². The molecule has 0 spiro atoms. The van der Waals surface area contributed by atoms with Gasteiger partial charge in [-0.05, 0) is 78.9 Å².